The highest BCUT2D eigenvalue weighted by atomic mass is 16.6. The Bertz CT molecular complexity index is 301. The Morgan fingerprint density at radius 3 is 2.24 bits per heavy atom. The Morgan fingerprint density at radius 1 is 1.00 bits per heavy atom. The van der Waals surface area contributed by atoms with Crippen LogP contribution in [0.2, 0.25) is 0 Å². The maximum Gasteiger partial charge on any atom is 0.707 e. The molecule has 0 bridgehead atoms. The summed E-state index contributed by atoms with van der Waals surface area (Å²) in [7, 11) is -1.80. The van der Waals surface area contributed by atoms with E-state index in [2.05, 4.69) is 11.6 Å². The van der Waals surface area contributed by atoms with Crippen molar-refractivity contribution >= 4 is 7.32 Å². The molecule has 0 saturated carbocycles. The standard InChI is InChI=1S/C11H17BO5/c1-2-7-15-8-9-16-10-3-5-11(6-4-10)17-12(13)14/h3-6,13-14H,2,7-9H2,1H3. The van der Waals surface area contributed by atoms with Gasteiger partial charge in [-0.1, -0.05) is 6.92 Å². The molecule has 0 aliphatic carbocycles. The van der Waals surface area contributed by atoms with Crippen molar-refractivity contribution in [2.75, 3.05) is 19.8 Å². The number of hydrogen-bond donors (Lipinski definition) is 2. The van der Waals surface area contributed by atoms with E-state index in [1.807, 2.05) is 0 Å². The molecule has 0 aliphatic rings. The predicted octanol–water partition coefficient (Wildman–Crippen LogP) is 0.840. The molecule has 0 spiro atoms. The van der Waals surface area contributed by atoms with Gasteiger partial charge in [0.05, 0.1) is 6.61 Å². The van der Waals surface area contributed by atoms with Crippen LogP contribution in [0.1, 0.15) is 13.3 Å². The fourth-order valence-electron chi connectivity index (χ4n) is 1.20. The molecule has 0 fully saturated rings. The lowest BCUT2D eigenvalue weighted by atomic mass is 10.2. The van der Waals surface area contributed by atoms with Crippen molar-refractivity contribution in [3.05, 3.63) is 24.3 Å². The number of hydrogen-bond acceptors (Lipinski definition) is 5. The summed E-state index contributed by atoms with van der Waals surface area (Å²) in [6.45, 7) is 3.84. The van der Waals surface area contributed by atoms with E-state index < -0.39 is 7.32 Å². The lowest BCUT2D eigenvalue weighted by Gasteiger charge is -2.08. The van der Waals surface area contributed by atoms with Crippen LogP contribution in [-0.4, -0.2) is 37.2 Å². The van der Waals surface area contributed by atoms with Gasteiger partial charge in [-0.3, -0.25) is 0 Å². The fourth-order valence-corrected chi connectivity index (χ4v) is 1.20. The first kappa shape index (κ1) is 13.8. The zero-order valence-corrected chi connectivity index (χ0v) is 9.83. The zero-order chi connectivity index (χ0) is 12.5. The van der Waals surface area contributed by atoms with Gasteiger partial charge < -0.3 is 24.2 Å². The van der Waals surface area contributed by atoms with Crippen LogP contribution in [0.4, 0.5) is 0 Å². The van der Waals surface area contributed by atoms with Gasteiger partial charge in [0.25, 0.3) is 0 Å². The second kappa shape index (κ2) is 7.94. The van der Waals surface area contributed by atoms with Crippen molar-refractivity contribution in [1.29, 1.82) is 0 Å². The van der Waals surface area contributed by atoms with Crippen LogP contribution in [0.5, 0.6) is 11.5 Å². The highest BCUT2D eigenvalue weighted by Crippen LogP contribution is 2.17. The van der Waals surface area contributed by atoms with Crippen molar-refractivity contribution in [3.8, 4) is 11.5 Å². The van der Waals surface area contributed by atoms with Crippen LogP contribution in [0.15, 0.2) is 24.3 Å². The van der Waals surface area contributed by atoms with Gasteiger partial charge in [0.1, 0.15) is 18.1 Å². The summed E-state index contributed by atoms with van der Waals surface area (Å²) in [5, 5.41) is 17.2. The summed E-state index contributed by atoms with van der Waals surface area (Å²) in [4.78, 5) is 0. The third kappa shape index (κ3) is 6.16. The van der Waals surface area contributed by atoms with Crippen LogP contribution in [0, 0.1) is 0 Å². The number of rotatable bonds is 8. The topological polar surface area (TPSA) is 68.2 Å². The minimum Gasteiger partial charge on any atom is -0.512 e. The molecule has 0 radical (unpaired) electrons. The molecule has 0 unspecified atom stereocenters. The first-order valence-electron chi connectivity index (χ1n) is 5.55. The maximum atomic E-state index is 8.58. The Kier molecular flexibility index (Phi) is 6.46. The minimum absolute atomic E-state index is 0.370. The Labute approximate surface area is 101 Å². The van der Waals surface area contributed by atoms with Crippen LogP contribution in [0.25, 0.3) is 0 Å². The van der Waals surface area contributed by atoms with Crippen LogP contribution in [0.3, 0.4) is 0 Å². The summed E-state index contributed by atoms with van der Waals surface area (Å²) in [5.41, 5.74) is 0. The third-order valence-corrected chi connectivity index (χ3v) is 1.91. The molecule has 2 N–H and O–H groups in total. The normalized spacial score (nSPS) is 10.1. The van der Waals surface area contributed by atoms with Gasteiger partial charge in [-0.15, -0.1) is 0 Å². The average molecular weight is 240 g/mol. The van der Waals surface area contributed by atoms with Gasteiger partial charge in [-0.05, 0) is 30.7 Å². The second-order valence-electron chi connectivity index (χ2n) is 3.38. The number of ether oxygens (including phenoxy) is 2. The molecule has 0 atom stereocenters. The van der Waals surface area contributed by atoms with Crippen molar-refractivity contribution in [2.45, 2.75) is 13.3 Å². The summed E-state index contributed by atoms with van der Waals surface area (Å²) < 4.78 is 15.3. The second-order valence-corrected chi connectivity index (χ2v) is 3.38. The van der Waals surface area contributed by atoms with E-state index in [9.17, 15) is 0 Å². The predicted molar refractivity (Wildman–Crippen MR) is 63.9 cm³/mol. The smallest absolute Gasteiger partial charge is 0.512 e. The highest BCUT2D eigenvalue weighted by molar-refractivity contribution is 6.33. The van der Waals surface area contributed by atoms with E-state index in [-0.39, 0.29) is 0 Å². The Balaban J connectivity index is 2.25. The molecule has 0 heterocycles. The molecule has 1 aromatic rings. The van der Waals surface area contributed by atoms with Gasteiger partial charge in [0.15, 0.2) is 0 Å². The molecular weight excluding hydrogens is 223 g/mol. The summed E-state index contributed by atoms with van der Waals surface area (Å²) in [6.07, 6.45) is 0.996. The monoisotopic (exact) mass is 240 g/mol. The first-order chi connectivity index (χ1) is 8.22. The van der Waals surface area contributed by atoms with Gasteiger partial charge in [0.2, 0.25) is 0 Å². The van der Waals surface area contributed by atoms with Gasteiger partial charge in [0, 0.05) is 6.61 Å². The molecule has 6 heteroatoms. The summed E-state index contributed by atoms with van der Waals surface area (Å²) >= 11 is 0. The van der Waals surface area contributed by atoms with Gasteiger partial charge in [-0.2, -0.15) is 0 Å². The molecule has 0 saturated heterocycles. The lowest BCUT2D eigenvalue weighted by Crippen LogP contribution is -2.20. The van der Waals surface area contributed by atoms with Crippen LogP contribution < -0.4 is 9.39 Å². The van der Waals surface area contributed by atoms with E-state index >= 15 is 0 Å². The van der Waals surface area contributed by atoms with Crippen molar-refractivity contribution in [3.63, 3.8) is 0 Å². The van der Waals surface area contributed by atoms with E-state index in [1.54, 1.807) is 24.3 Å². The Morgan fingerprint density at radius 2 is 1.65 bits per heavy atom. The largest absolute Gasteiger partial charge is 0.707 e. The van der Waals surface area contributed by atoms with Crippen molar-refractivity contribution < 1.29 is 24.2 Å². The molecule has 1 aromatic carbocycles. The van der Waals surface area contributed by atoms with Crippen molar-refractivity contribution in [1.82, 2.24) is 0 Å². The van der Waals surface area contributed by atoms with Gasteiger partial charge in [-0.25, -0.2) is 0 Å². The molecule has 94 valence electrons. The quantitative estimate of drug-likeness (QED) is 0.520. The van der Waals surface area contributed by atoms with Crippen LogP contribution in [-0.2, 0) is 4.74 Å². The molecule has 0 amide bonds. The summed E-state index contributed by atoms with van der Waals surface area (Å²) in [6, 6.07) is 6.58. The summed E-state index contributed by atoms with van der Waals surface area (Å²) in [5.74, 6) is 1.06. The van der Waals surface area contributed by atoms with Gasteiger partial charge >= 0.3 is 7.32 Å². The SMILES string of the molecule is CCCOCCOc1ccc(OB(O)O)cc1. The van der Waals surface area contributed by atoms with Crippen molar-refractivity contribution in [2.24, 2.45) is 0 Å². The average Bonchev–Trinajstić information content (AvgIpc) is 2.30. The van der Waals surface area contributed by atoms with E-state index in [1.165, 1.54) is 0 Å². The van der Waals surface area contributed by atoms with E-state index in [0.29, 0.717) is 24.7 Å². The van der Waals surface area contributed by atoms with E-state index in [4.69, 9.17) is 19.5 Å². The lowest BCUT2D eigenvalue weighted by molar-refractivity contribution is 0.101. The molecule has 1 rings (SSSR count). The van der Waals surface area contributed by atoms with E-state index in [0.717, 1.165) is 13.0 Å². The molecular formula is C11H17BO5. The fraction of sp³-hybridized carbons (Fsp3) is 0.455. The molecule has 0 aromatic heterocycles. The first-order valence-corrected chi connectivity index (χ1v) is 5.55. The Hall–Kier alpha value is -1.24. The zero-order valence-electron chi connectivity index (χ0n) is 9.83. The maximum absolute atomic E-state index is 8.58. The number of benzene rings is 1. The molecule has 17 heavy (non-hydrogen) atoms. The molecule has 0 aliphatic heterocycles. The molecule has 5 nitrogen and oxygen atoms in total. The van der Waals surface area contributed by atoms with Crippen LogP contribution >= 0.6 is 0 Å². The highest BCUT2D eigenvalue weighted by Gasteiger charge is 2.10. The third-order valence-electron chi connectivity index (χ3n) is 1.91. The minimum atomic E-state index is -1.80.